The van der Waals surface area contributed by atoms with Crippen LogP contribution in [0.1, 0.15) is 19.3 Å². The minimum atomic E-state index is -0.474. The van der Waals surface area contributed by atoms with E-state index in [1.54, 1.807) is 0 Å². The van der Waals surface area contributed by atoms with Gasteiger partial charge in [-0.05, 0) is 19.3 Å². The molecule has 1 atom stereocenters. The van der Waals surface area contributed by atoms with E-state index in [4.69, 9.17) is 15.9 Å². The molecule has 1 fully saturated rings. The molecule has 1 aliphatic rings. The third-order valence-corrected chi connectivity index (χ3v) is 3.88. The molecular weight excluding hydrogens is 156 g/mol. The minimum absolute atomic E-state index is 0.416. The molecule has 0 spiro atoms. The van der Waals surface area contributed by atoms with Crippen LogP contribution in [-0.2, 0) is 4.74 Å². The predicted octanol–water partition coefficient (Wildman–Crippen LogP) is -0.382. The summed E-state index contributed by atoms with van der Waals surface area (Å²) in [4.78, 5) is 0. The van der Waals surface area contributed by atoms with E-state index >= 15 is 0 Å². The zero-order valence-corrected chi connectivity index (χ0v) is 8.22. The van der Waals surface area contributed by atoms with Gasteiger partial charge in [-0.1, -0.05) is 0 Å². The average molecular weight is 172 g/mol. The molecule has 0 aromatic heterocycles. The lowest BCUT2D eigenvalue weighted by Gasteiger charge is -2.21. The van der Waals surface area contributed by atoms with Gasteiger partial charge < -0.3 is 15.9 Å². The molecule has 11 heavy (non-hydrogen) atoms. The first kappa shape index (κ1) is 8.90. The quantitative estimate of drug-likeness (QED) is 0.450. The summed E-state index contributed by atoms with van der Waals surface area (Å²) >= 11 is 0. The molecule has 1 rings (SSSR count). The normalized spacial score (nSPS) is 26.1. The third-order valence-electron chi connectivity index (χ3n) is 1.99. The lowest BCUT2D eigenvalue weighted by molar-refractivity contribution is 0.0663. The van der Waals surface area contributed by atoms with Crippen molar-refractivity contribution in [3.63, 3.8) is 0 Å². The highest BCUT2D eigenvalue weighted by Crippen LogP contribution is 2.11. The summed E-state index contributed by atoms with van der Waals surface area (Å²) in [6.07, 6.45) is 3.63. The molecule has 0 aromatic carbocycles. The summed E-state index contributed by atoms with van der Waals surface area (Å²) in [6, 6.07) is 0. The summed E-state index contributed by atoms with van der Waals surface area (Å²) in [5, 5.41) is 8.18. The monoisotopic (exact) mass is 172 g/mol. The van der Waals surface area contributed by atoms with Crippen molar-refractivity contribution in [3.05, 3.63) is 0 Å². The van der Waals surface area contributed by atoms with Gasteiger partial charge in [0.05, 0.1) is 0 Å². The van der Waals surface area contributed by atoms with Gasteiger partial charge in [0.1, 0.15) is 9.52 Å². The predicted molar refractivity (Wildman–Crippen MR) is 48.9 cm³/mol. The van der Waals surface area contributed by atoms with Crippen LogP contribution in [0.4, 0.5) is 0 Å². The molecule has 1 saturated heterocycles. The molecule has 64 valence electrons. The molecule has 0 radical (unpaired) electrons. The van der Waals surface area contributed by atoms with Gasteiger partial charge in [0.2, 0.25) is 0 Å². The zero-order chi connectivity index (χ0) is 8.10. The maximum absolute atomic E-state index is 7.43. The van der Waals surface area contributed by atoms with Gasteiger partial charge in [-0.2, -0.15) is 0 Å². The smallest absolute Gasteiger partial charge is 0.108 e. The molecule has 0 bridgehead atoms. The van der Waals surface area contributed by atoms with Crippen molar-refractivity contribution in [3.8, 4) is 0 Å². The second kappa shape index (κ2) is 4.64. The summed E-state index contributed by atoms with van der Waals surface area (Å²) < 4.78 is 5.52. The molecule has 0 aromatic rings. The SMILES string of the molecule is N=C(CN)[SiH2]C1CCCCO1. The Morgan fingerprint density at radius 1 is 1.64 bits per heavy atom. The van der Waals surface area contributed by atoms with Crippen molar-refractivity contribution in [1.29, 1.82) is 5.41 Å². The number of ether oxygens (including phenoxy) is 1. The zero-order valence-electron chi connectivity index (χ0n) is 6.81. The van der Waals surface area contributed by atoms with E-state index in [1.165, 1.54) is 12.8 Å². The van der Waals surface area contributed by atoms with Gasteiger partial charge in [-0.3, -0.25) is 0 Å². The summed E-state index contributed by atoms with van der Waals surface area (Å²) in [7, 11) is -0.474. The largest absolute Gasteiger partial charge is 0.382 e. The topological polar surface area (TPSA) is 59.1 Å². The molecular formula is C7H16N2OSi. The Morgan fingerprint density at radius 3 is 3.00 bits per heavy atom. The fourth-order valence-corrected chi connectivity index (χ4v) is 2.82. The molecule has 3 nitrogen and oxygen atoms in total. The Bertz CT molecular complexity index is 134. The number of hydrogen-bond donors (Lipinski definition) is 2. The minimum Gasteiger partial charge on any atom is -0.382 e. The van der Waals surface area contributed by atoms with Crippen molar-refractivity contribution in [2.45, 2.75) is 25.0 Å². The van der Waals surface area contributed by atoms with Crippen molar-refractivity contribution in [1.82, 2.24) is 0 Å². The molecule has 1 aliphatic heterocycles. The molecule has 0 aliphatic carbocycles. The first-order valence-electron chi connectivity index (χ1n) is 4.21. The number of nitrogens with one attached hydrogen (secondary N) is 1. The van der Waals surface area contributed by atoms with Gasteiger partial charge in [0, 0.05) is 24.2 Å². The summed E-state index contributed by atoms with van der Waals surface area (Å²) in [5.74, 6) is 0. The van der Waals surface area contributed by atoms with Crippen molar-refractivity contribution in [2.75, 3.05) is 13.2 Å². The number of hydrogen-bond acceptors (Lipinski definition) is 3. The highest BCUT2D eigenvalue weighted by atomic mass is 28.2. The van der Waals surface area contributed by atoms with Crippen LogP contribution in [0.5, 0.6) is 0 Å². The van der Waals surface area contributed by atoms with E-state index in [0.29, 0.717) is 12.3 Å². The second-order valence-corrected chi connectivity index (χ2v) is 5.17. The molecule has 1 unspecified atom stereocenters. The Kier molecular flexibility index (Phi) is 3.75. The first-order chi connectivity index (χ1) is 5.33. The fourth-order valence-electron chi connectivity index (χ4n) is 1.33. The summed E-state index contributed by atoms with van der Waals surface area (Å²) in [6.45, 7) is 1.33. The van der Waals surface area contributed by atoms with Crippen LogP contribution in [0.3, 0.4) is 0 Å². The lowest BCUT2D eigenvalue weighted by Crippen LogP contribution is -2.33. The van der Waals surface area contributed by atoms with Crippen LogP contribution in [-0.4, -0.2) is 33.7 Å². The van der Waals surface area contributed by atoms with Crippen LogP contribution >= 0.6 is 0 Å². The van der Waals surface area contributed by atoms with Gasteiger partial charge in [0.15, 0.2) is 0 Å². The van der Waals surface area contributed by atoms with Gasteiger partial charge in [0.25, 0.3) is 0 Å². The van der Waals surface area contributed by atoms with Crippen molar-refractivity contribution in [2.24, 2.45) is 5.73 Å². The Balaban J connectivity index is 2.19. The standard InChI is InChI=1S/C7H16N2OSi/c8-5-6(9)11-7-3-1-2-4-10-7/h7,9H,1-5,8,11H2. The molecule has 0 saturated carbocycles. The van der Waals surface area contributed by atoms with Crippen LogP contribution in [0.25, 0.3) is 0 Å². The van der Waals surface area contributed by atoms with E-state index in [1.807, 2.05) is 0 Å². The lowest BCUT2D eigenvalue weighted by atomic mass is 10.2. The Hall–Kier alpha value is -0.193. The third kappa shape index (κ3) is 3.14. The highest BCUT2D eigenvalue weighted by molar-refractivity contribution is 6.76. The van der Waals surface area contributed by atoms with E-state index in [9.17, 15) is 0 Å². The van der Waals surface area contributed by atoms with Gasteiger partial charge >= 0.3 is 0 Å². The second-order valence-electron chi connectivity index (χ2n) is 3.00. The number of nitrogens with two attached hydrogens (primary N) is 1. The first-order valence-corrected chi connectivity index (χ1v) is 5.73. The van der Waals surface area contributed by atoms with E-state index in [0.717, 1.165) is 18.4 Å². The van der Waals surface area contributed by atoms with E-state index in [-0.39, 0.29) is 0 Å². The van der Waals surface area contributed by atoms with Gasteiger partial charge in [-0.15, -0.1) is 0 Å². The Morgan fingerprint density at radius 2 is 2.45 bits per heavy atom. The highest BCUT2D eigenvalue weighted by Gasteiger charge is 2.15. The summed E-state index contributed by atoms with van der Waals surface area (Å²) in [5.41, 5.74) is 5.76. The maximum Gasteiger partial charge on any atom is 0.108 e. The van der Waals surface area contributed by atoms with Crippen LogP contribution in [0.15, 0.2) is 0 Å². The van der Waals surface area contributed by atoms with Gasteiger partial charge in [-0.25, -0.2) is 0 Å². The maximum atomic E-state index is 7.43. The van der Waals surface area contributed by atoms with Crippen molar-refractivity contribution < 1.29 is 4.74 Å². The fraction of sp³-hybridized carbons (Fsp3) is 0.857. The average Bonchev–Trinajstić information content (AvgIpc) is 2.06. The van der Waals surface area contributed by atoms with Crippen LogP contribution < -0.4 is 5.73 Å². The van der Waals surface area contributed by atoms with Crippen LogP contribution in [0, 0.1) is 5.41 Å². The molecule has 0 amide bonds. The van der Waals surface area contributed by atoms with Crippen LogP contribution in [0.2, 0.25) is 0 Å². The Labute approximate surface area is 69.6 Å². The van der Waals surface area contributed by atoms with Crippen molar-refractivity contribution >= 4 is 14.9 Å². The van der Waals surface area contributed by atoms with E-state index < -0.39 is 9.52 Å². The molecule has 1 heterocycles. The van der Waals surface area contributed by atoms with E-state index in [2.05, 4.69) is 0 Å². The molecule has 4 heteroatoms. The molecule has 3 N–H and O–H groups in total. The number of rotatable bonds is 3.